The Balaban J connectivity index is 4.97. The van der Waals surface area contributed by atoms with E-state index < -0.39 is 29.9 Å². The van der Waals surface area contributed by atoms with E-state index in [1.807, 2.05) is 0 Å². The Labute approximate surface area is 91.9 Å². The van der Waals surface area contributed by atoms with Crippen molar-refractivity contribution in [1.82, 2.24) is 0 Å². The van der Waals surface area contributed by atoms with Crippen molar-refractivity contribution in [3.05, 3.63) is 12.2 Å². The van der Waals surface area contributed by atoms with Gasteiger partial charge < -0.3 is 9.84 Å². The van der Waals surface area contributed by atoms with Gasteiger partial charge >= 0.3 is 17.9 Å². The van der Waals surface area contributed by atoms with E-state index in [4.69, 9.17) is 5.11 Å². The Morgan fingerprint density at radius 1 is 1.38 bits per heavy atom. The number of carboxylic acids is 1. The first-order valence-electron chi connectivity index (χ1n) is 4.58. The van der Waals surface area contributed by atoms with Crippen molar-refractivity contribution in [1.29, 1.82) is 0 Å². The normalized spacial score (nSPS) is 13.4. The molecule has 0 rings (SSSR count). The van der Waals surface area contributed by atoms with Crippen LogP contribution < -0.4 is 0 Å². The molecule has 0 heterocycles. The van der Waals surface area contributed by atoms with Crippen LogP contribution in [0.4, 0.5) is 8.78 Å². The summed E-state index contributed by atoms with van der Waals surface area (Å²) >= 11 is 0. The Hall–Kier alpha value is -1.46. The van der Waals surface area contributed by atoms with Crippen LogP contribution >= 0.6 is 0 Å². The number of ether oxygens (including phenoxy) is 1. The van der Waals surface area contributed by atoms with Crippen LogP contribution in [0.3, 0.4) is 0 Å². The van der Waals surface area contributed by atoms with Crippen LogP contribution in [0.15, 0.2) is 12.2 Å². The van der Waals surface area contributed by atoms with Crippen molar-refractivity contribution >= 4 is 11.9 Å². The molecule has 0 fully saturated rings. The maximum Gasteiger partial charge on any atom is 0.378 e. The summed E-state index contributed by atoms with van der Waals surface area (Å²) in [4.78, 5) is 21.4. The van der Waals surface area contributed by atoms with Gasteiger partial charge in [0.05, 0.1) is 0 Å². The number of rotatable bonds is 5. The van der Waals surface area contributed by atoms with Crippen molar-refractivity contribution in [2.24, 2.45) is 5.92 Å². The summed E-state index contributed by atoms with van der Waals surface area (Å²) in [7, 11) is 0. The van der Waals surface area contributed by atoms with Gasteiger partial charge in [-0.3, -0.25) is 0 Å². The second-order valence-corrected chi connectivity index (χ2v) is 3.78. The monoisotopic (exact) mass is 236 g/mol. The molecule has 1 N–H and O–H groups in total. The van der Waals surface area contributed by atoms with Gasteiger partial charge in [-0.1, -0.05) is 20.4 Å². The minimum absolute atomic E-state index is 0.0631. The fourth-order valence-corrected chi connectivity index (χ4v) is 0.966. The molecule has 0 saturated carbocycles. The molecular formula is C10H14F2O4. The lowest BCUT2D eigenvalue weighted by Crippen LogP contribution is -2.47. The first-order chi connectivity index (χ1) is 7.10. The molecule has 0 radical (unpaired) electrons. The molecule has 0 aliphatic rings. The number of aliphatic carboxylic acids is 1. The molecule has 0 bridgehead atoms. The first-order valence-corrected chi connectivity index (χ1v) is 4.58. The van der Waals surface area contributed by atoms with Crippen LogP contribution in [0.25, 0.3) is 0 Å². The Morgan fingerprint density at radius 3 is 2.06 bits per heavy atom. The highest BCUT2D eigenvalue weighted by molar-refractivity contribution is 5.87. The molecule has 0 spiro atoms. The highest BCUT2D eigenvalue weighted by atomic mass is 19.3. The molecule has 0 aliphatic heterocycles. The van der Waals surface area contributed by atoms with Gasteiger partial charge in [0.25, 0.3) is 0 Å². The number of carbonyl (C=O) groups excluding carboxylic acids is 1. The van der Waals surface area contributed by atoms with Gasteiger partial charge in [0.15, 0.2) is 6.10 Å². The molecule has 0 aromatic carbocycles. The fraction of sp³-hybridized carbons (Fsp3) is 0.600. The number of carboxylic acid groups (broad SMARTS) is 1. The average Bonchev–Trinajstić information content (AvgIpc) is 2.12. The molecule has 16 heavy (non-hydrogen) atoms. The zero-order valence-corrected chi connectivity index (χ0v) is 9.29. The van der Waals surface area contributed by atoms with Gasteiger partial charge in [-0.25, -0.2) is 9.59 Å². The summed E-state index contributed by atoms with van der Waals surface area (Å²) in [6, 6.07) is 0. The summed E-state index contributed by atoms with van der Waals surface area (Å²) in [6.07, 6.45) is -2.01. The second-order valence-electron chi connectivity index (χ2n) is 3.78. The molecule has 0 aliphatic carbocycles. The van der Waals surface area contributed by atoms with E-state index in [-0.39, 0.29) is 5.57 Å². The van der Waals surface area contributed by atoms with Crippen LogP contribution in [0.5, 0.6) is 0 Å². The predicted octanol–water partition coefficient (Wildman–Crippen LogP) is 1.85. The zero-order valence-electron chi connectivity index (χ0n) is 9.29. The van der Waals surface area contributed by atoms with Gasteiger partial charge in [-0.2, -0.15) is 8.78 Å². The van der Waals surface area contributed by atoms with Gasteiger partial charge in [0, 0.05) is 5.57 Å². The van der Waals surface area contributed by atoms with Crippen molar-refractivity contribution in [2.45, 2.75) is 32.8 Å². The molecule has 1 unspecified atom stereocenters. The largest absolute Gasteiger partial charge is 0.477 e. The minimum Gasteiger partial charge on any atom is -0.477 e. The maximum absolute atomic E-state index is 13.2. The molecule has 4 nitrogen and oxygen atoms in total. The molecule has 0 aromatic heterocycles. The number of halogens is 2. The number of alkyl halides is 2. The van der Waals surface area contributed by atoms with Crippen LogP contribution in [0.2, 0.25) is 0 Å². The Morgan fingerprint density at radius 2 is 1.81 bits per heavy atom. The lowest BCUT2D eigenvalue weighted by atomic mass is 10.0. The van der Waals surface area contributed by atoms with Gasteiger partial charge in [0.2, 0.25) is 0 Å². The van der Waals surface area contributed by atoms with Crippen LogP contribution in [-0.2, 0) is 14.3 Å². The van der Waals surface area contributed by atoms with Gasteiger partial charge in [-0.05, 0) is 12.8 Å². The lowest BCUT2D eigenvalue weighted by molar-refractivity contribution is -0.197. The average molecular weight is 236 g/mol. The summed E-state index contributed by atoms with van der Waals surface area (Å²) in [5.74, 6) is -8.28. The fourth-order valence-electron chi connectivity index (χ4n) is 0.966. The second kappa shape index (κ2) is 5.05. The minimum atomic E-state index is -4.11. The smallest absolute Gasteiger partial charge is 0.378 e. The van der Waals surface area contributed by atoms with E-state index in [1.165, 1.54) is 20.8 Å². The van der Waals surface area contributed by atoms with E-state index in [1.54, 1.807) is 0 Å². The molecule has 0 amide bonds. The quantitative estimate of drug-likeness (QED) is 0.584. The highest BCUT2D eigenvalue weighted by Crippen LogP contribution is 2.28. The number of esters is 1. The summed E-state index contributed by atoms with van der Waals surface area (Å²) in [5, 5.41) is 8.35. The molecule has 1 atom stereocenters. The molecule has 0 aromatic rings. The standard InChI is InChI=1S/C10H14F2O4/c1-5(2)7(10(11,12)9(14)15)16-8(13)6(3)4/h5,7H,3H2,1-2,4H3,(H,14,15). The van der Waals surface area contributed by atoms with E-state index in [0.29, 0.717) is 0 Å². The van der Waals surface area contributed by atoms with Crippen molar-refractivity contribution < 1.29 is 28.2 Å². The molecule has 0 saturated heterocycles. The van der Waals surface area contributed by atoms with Crippen LogP contribution in [-0.4, -0.2) is 29.1 Å². The predicted molar refractivity (Wildman–Crippen MR) is 52.1 cm³/mol. The Kier molecular flexibility index (Phi) is 4.59. The van der Waals surface area contributed by atoms with Crippen LogP contribution in [0.1, 0.15) is 20.8 Å². The zero-order chi connectivity index (χ0) is 13.1. The highest BCUT2D eigenvalue weighted by Gasteiger charge is 2.51. The summed E-state index contributed by atoms with van der Waals surface area (Å²) < 4.78 is 30.8. The SMILES string of the molecule is C=C(C)C(=O)OC(C(C)C)C(F)(F)C(=O)O. The Bertz CT molecular complexity index is 310. The number of hydrogen-bond acceptors (Lipinski definition) is 3. The van der Waals surface area contributed by atoms with Crippen molar-refractivity contribution in [3.8, 4) is 0 Å². The van der Waals surface area contributed by atoms with Crippen LogP contribution in [0, 0.1) is 5.92 Å². The molecule has 92 valence electrons. The number of hydrogen-bond donors (Lipinski definition) is 1. The third kappa shape index (κ3) is 3.29. The molecular weight excluding hydrogens is 222 g/mol. The third-order valence-corrected chi connectivity index (χ3v) is 1.83. The molecule has 6 heteroatoms. The lowest BCUT2D eigenvalue weighted by Gasteiger charge is -2.26. The number of carbonyl (C=O) groups is 2. The maximum atomic E-state index is 13.2. The van der Waals surface area contributed by atoms with E-state index >= 15 is 0 Å². The van der Waals surface area contributed by atoms with E-state index in [9.17, 15) is 18.4 Å². The van der Waals surface area contributed by atoms with E-state index in [0.717, 1.165) is 0 Å². The third-order valence-electron chi connectivity index (χ3n) is 1.83. The van der Waals surface area contributed by atoms with E-state index in [2.05, 4.69) is 11.3 Å². The topological polar surface area (TPSA) is 63.6 Å². The van der Waals surface area contributed by atoms with Gasteiger partial charge in [-0.15, -0.1) is 0 Å². The van der Waals surface area contributed by atoms with Gasteiger partial charge in [0.1, 0.15) is 0 Å². The summed E-state index contributed by atoms with van der Waals surface area (Å²) in [6.45, 7) is 7.20. The first kappa shape index (κ1) is 14.5. The van der Waals surface area contributed by atoms with Crippen molar-refractivity contribution in [2.75, 3.05) is 0 Å². The van der Waals surface area contributed by atoms with Crippen molar-refractivity contribution in [3.63, 3.8) is 0 Å². The summed E-state index contributed by atoms with van der Waals surface area (Å²) in [5.41, 5.74) is -0.0631.